The van der Waals surface area contributed by atoms with Gasteiger partial charge in [0.15, 0.2) is 0 Å². The molecule has 3 rings (SSSR count). The molecule has 0 spiro atoms. The lowest BCUT2D eigenvalue weighted by atomic mass is 10.1. The quantitative estimate of drug-likeness (QED) is 0.533. The Morgan fingerprint density at radius 2 is 1.86 bits per heavy atom. The zero-order chi connectivity index (χ0) is 9.71. The summed E-state index contributed by atoms with van der Waals surface area (Å²) >= 11 is 0. The summed E-state index contributed by atoms with van der Waals surface area (Å²) in [5.41, 5.74) is 3.02. The first-order chi connectivity index (χ1) is 6.75. The summed E-state index contributed by atoms with van der Waals surface area (Å²) in [7, 11) is 0. The highest BCUT2D eigenvalue weighted by Crippen LogP contribution is 2.31. The normalized spacial score (nSPS) is 11.6. The minimum Gasteiger partial charge on any atom is -0.464 e. The number of hydrogen-bond donors (Lipinski definition) is 0. The minimum absolute atomic E-state index is 0.927. The van der Waals surface area contributed by atoms with Gasteiger partial charge in [0.25, 0.3) is 0 Å². The Morgan fingerprint density at radius 3 is 2.71 bits per heavy atom. The third kappa shape index (κ3) is 0.854. The molecule has 0 N–H and O–H groups in total. The van der Waals surface area contributed by atoms with E-state index in [-0.39, 0.29) is 0 Å². The predicted molar refractivity (Wildman–Crippen MR) is 55.5 cm³/mol. The Hall–Kier alpha value is -1.70. The fourth-order valence-electron chi connectivity index (χ4n) is 1.93. The highest BCUT2D eigenvalue weighted by Gasteiger charge is 2.09. The van der Waals surface area contributed by atoms with Crippen molar-refractivity contribution in [2.24, 2.45) is 0 Å². The van der Waals surface area contributed by atoms with E-state index >= 15 is 0 Å². The first-order valence-corrected chi connectivity index (χ1v) is 4.62. The van der Waals surface area contributed by atoms with Crippen LogP contribution in [0, 0.1) is 13.8 Å². The molecule has 1 aromatic carbocycles. The third-order valence-electron chi connectivity index (χ3n) is 2.54. The average molecular weight is 186 g/mol. The van der Waals surface area contributed by atoms with Crippen molar-refractivity contribution in [3.05, 3.63) is 35.8 Å². The number of hydrogen-bond acceptors (Lipinski definition) is 2. The summed E-state index contributed by atoms with van der Waals surface area (Å²) < 4.78 is 11.0. The lowest BCUT2D eigenvalue weighted by Crippen LogP contribution is -1.69. The smallest absolute Gasteiger partial charge is 0.135 e. The predicted octanol–water partition coefficient (Wildman–Crippen LogP) is 3.80. The van der Waals surface area contributed by atoms with Gasteiger partial charge in [-0.15, -0.1) is 0 Å². The molecule has 0 saturated heterocycles. The van der Waals surface area contributed by atoms with Crippen LogP contribution in [0.5, 0.6) is 0 Å². The Morgan fingerprint density at radius 1 is 1.07 bits per heavy atom. The minimum atomic E-state index is 0.927. The molecular weight excluding hydrogens is 176 g/mol. The van der Waals surface area contributed by atoms with Crippen LogP contribution in [0.2, 0.25) is 0 Å². The molecule has 0 aliphatic heterocycles. The highest BCUT2D eigenvalue weighted by atomic mass is 16.3. The van der Waals surface area contributed by atoms with Gasteiger partial charge < -0.3 is 8.83 Å². The van der Waals surface area contributed by atoms with Crippen molar-refractivity contribution in [1.29, 1.82) is 0 Å². The maximum atomic E-state index is 5.56. The molecule has 0 radical (unpaired) electrons. The molecule has 2 heteroatoms. The van der Waals surface area contributed by atoms with Crippen LogP contribution in [0.25, 0.3) is 21.9 Å². The van der Waals surface area contributed by atoms with Crippen LogP contribution in [-0.2, 0) is 0 Å². The molecular formula is C12H10O2. The zero-order valence-corrected chi connectivity index (χ0v) is 8.13. The fraction of sp³-hybridized carbons (Fsp3) is 0.167. The van der Waals surface area contributed by atoms with Crippen LogP contribution >= 0.6 is 0 Å². The van der Waals surface area contributed by atoms with Crippen molar-refractivity contribution >= 4 is 21.9 Å². The summed E-state index contributed by atoms with van der Waals surface area (Å²) in [6, 6.07) is 5.96. The second-order valence-corrected chi connectivity index (χ2v) is 3.63. The van der Waals surface area contributed by atoms with Crippen LogP contribution in [-0.4, -0.2) is 0 Å². The van der Waals surface area contributed by atoms with Gasteiger partial charge in [0.2, 0.25) is 0 Å². The standard InChI is InChI=1S/C12H10O2/c1-7-6-13-11-4-3-10-9(12(7)11)5-8(2)14-10/h3-6H,1-2H3. The van der Waals surface area contributed by atoms with Crippen molar-refractivity contribution in [2.45, 2.75) is 13.8 Å². The SMILES string of the molecule is Cc1cc2c(ccc3occ(C)c32)o1. The van der Waals surface area contributed by atoms with Gasteiger partial charge in [0.1, 0.15) is 16.9 Å². The summed E-state index contributed by atoms with van der Waals surface area (Å²) in [6.45, 7) is 4.01. The Kier molecular flexibility index (Phi) is 1.32. The van der Waals surface area contributed by atoms with Crippen LogP contribution in [0.1, 0.15) is 11.3 Å². The van der Waals surface area contributed by atoms with Gasteiger partial charge in [0.05, 0.1) is 6.26 Å². The van der Waals surface area contributed by atoms with E-state index in [9.17, 15) is 0 Å². The van der Waals surface area contributed by atoms with Crippen molar-refractivity contribution in [1.82, 2.24) is 0 Å². The lowest BCUT2D eigenvalue weighted by molar-refractivity contribution is 0.578. The van der Waals surface area contributed by atoms with E-state index in [0.717, 1.165) is 27.9 Å². The van der Waals surface area contributed by atoms with Crippen molar-refractivity contribution in [2.75, 3.05) is 0 Å². The largest absolute Gasteiger partial charge is 0.464 e. The maximum Gasteiger partial charge on any atom is 0.135 e. The van der Waals surface area contributed by atoms with Crippen LogP contribution in [0.15, 0.2) is 33.3 Å². The molecule has 0 amide bonds. The summed E-state index contributed by atoms with van der Waals surface area (Å²) in [5.74, 6) is 0.938. The first-order valence-electron chi connectivity index (χ1n) is 4.62. The van der Waals surface area contributed by atoms with Gasteiger partial charge in [-0.1, -0.05) is 0 Å². The molecule has 2 nitrogen and oxygen atoms in total. The molecule has 0 bridgehead atoms. The van der Waals surface area contributed by atoms with E-state index in [1.54, 1.807) is 6.26 Å². The van der Waals surface area contributed by atoms with E-state index in [1.165, 1.54) is 5.39 Å². The second kappa shape index (κ2) is 2.41. The molecule has 0 aliphatic carbocycles. The van der Waals surface area contributed by atoms with Crippen LogP contribution in [0.3, 0.4) is 0 Å². The molecule has 0 atom stereocenters. The topological polar surface area (TPSA) is 26.3 Å². The lowest BCUT2D eigenvalue weighted by Gasteiger charge is -1.91. The van der Waals surface area contributed by atoms with Gasteiger partial charge >= 0.3 is 0 Å². The third-order valence-corrected chi connectivity index (χ3v) is 2.54. The molecule has 70 valence electrons. The Bertz CT molecular complexity index is 614. The van der Waals surface area contributed by atoms with Gasteiger partial charge in [0, 0.05) is 10.8 Å². The number of furan rings is 2. The van der Waals surface area contributed by atoms with E-state index in [4.69, 9.17) is 8.83 Å². The zero-order valence-electron chi connectivity index (χ0n) is 8.13. The highest BCUT2D eigenvalue weighted by molar-refractivity contribution is 6.05. The number of rotatable bonds is 0. The number of fused-ring (bicyclic) bond motifs is 3. The van der Waals surface area contributed by atoms with E-state index < -0.39 is 0 Å². The molecule has 0 unspecified atom stereocenters. The van der Waals surface area contributed by atoms with Gasteiger partial charge in [-0.25, -0.2) is 0 Å². The van der Waals surface area contributed by atoms with Crippen molar-refractivity contribution < 1.29 is 8.83 Å². The molecule has 0 saturated carbocycles. The second-order valence-electron chi connectivity index (χ2n) is 3.63. The monoisotopic (exact) mass is 186 g/mol. The summed E-state index contributed by atoms with van der Waals surface area (Å²) in [6.07, 6.45) is 1.78. The molecule has 0 fully saturated rings. The van der Waals surface area contributed by atoms with E-state index in [2.05, 4.69) is 6.07 Å². The number of aryl methyl sites for hydroxylation is 2. The summed E-state index contributed by atoms with van der Waals surface area (Å²) in [4.78, 5) is 0. The van der Waals surface area contributed by atoms with Crippen molar-refractivity contribution in [3.8, 4) is 0 Å². The van der Waals surface area contributed by atoms with Crippen LogP contribution in [0.4, 0.5) is 0 Å². The summed E-state index contributed by atoms with van der Waals surface area (Å²) in [5, 5.41) is 2.31. The average Bonchev–Trinajstić information content (AvgIpc) is 2.68. The van der Waals surface area contributed by atoms with Gasteiger partial charge in [-0.05, 0) is 37.6 Å². The molecule has 3 aromatic rings. The van der Waals surface area contributed by atoms with E-state index in [0.29, 0.717) is 0 Å². The van der Waals surface area contributed by atoms with Crippen molar-refractivity contribution in [3.63, 3.8) is 0 Å². The molecule has 2 heterocycles. The fourth-order valence-corrected chi connectivity index (χ4v) is 1.93. The van der Waals surface area contributed by atoms with Crippen LogP contribution < -0.4 is 0 Å². The Labute approximate surface area is 81.1 Å². The van der Waals surface area contributed by atoms with E-state index in [1.807, 2.05) is 26.0 Å². The number of benzene rings is 1. The molecule has 2 aromatic heterocycles. The Balaban J connectivity index is 2.64. The first kappa shape index (κ1) is 7.68. The van der Waals surface area contributed by atoms with Gasteiger partial charge in [-0.3, -0.25) is 0 Å². The molecule has 14 heavy (non-hydrogen) atoms. The van der Waals surface area contributed by atoms with Gasteiger partial charge in [-0.2, -0.15) is 0 Å². The maximum absolute atomic E-state index is 5.56. The molecule has 0 aliphatic rings.